The first kappa shape index (κ1) is 19.9. The highest BCUT2D eigenvalue weighted by molar-refractivity contribution is 5.99. The van der Waals surface area contributed by atoms with Crippen molar-refractivity contribution >= 4 is 34.3 Å². The number of rotatable bonds is 4. The van der Waals surface area contributed by atoms with Crippen LogP contribution in [-0.4, -0.2) is 47.3 Å². The van der Waals surface area contributed by atoms with Crippen LogP contribution in [0.15, 0.2) is 72.9 Å². The molecule has 0 atom stereocenters. The van der Waals surface area contributed by atoms with Crippen molar-refractivity contribution < 1.29 is 9.53 Å². The van der Waals surface area contributed by atoms with E-state index in [2.05, 4.69) is 20.5 Å². The Bertz CT molecular complexity index is 1220. The van der Waals surface area contributed by atoms with Gasteiger partial charge in [0.05, 0.1) is 18.7 Å². The summed E-state index contributed by atoms with van der Waals surface area (Å²) in [6.45, 7) is 2.86. The quantitative estimate of drug-likeness (QED) is 0.509. The number of morpholine rings is 1. The number of fused-ring (bicyclic) bond motifs is 1. The molecule has 160 valence electrons. The minimum absolute atomic E-state index is 0.299. The van der Waals surface area contributed by atoms with E-state index in [0.29, 0.717) is 24.7 Å². The van der Waals surface area contributed by atoms with Gasteiger partial charge in [0, 0.05) is 36.2 Å². The number of ether oxygens (including phenoxy) is 1. The Morgan fingerprint density at radius 1 is 0.844 bits per heavy atom. The van der Waals surface area contributed by atoms with Crippen molar-refractivity contribution in [1.29, 1.82) is 0 Å². The van der Waals surface area contributed by atoms with E-state index >= 15 is 0 Å². The molecule has 1 saturated heterocycles. The summed E-state index contributed by atoms with van der Waals surface area (Å²) in [7, 11) is 0. The molecule has 1 fully saturated rings. The van der Waals surface area contributed by atoms with E-state index in [1.54, 1.807) is 6.20 Å². The Balaban J connectivity index is 1.38. The molecule has 2 aromatic carbocycles. The van der Waals surface area contributed by atoms with Gasteiger partial charge in [-0.3, -0.25) is 4.98 Å². The number of carbonyl (C=O) groups excluding carboxylic acids is 1. The smallest absolute Gasteiger partial charge is 0.323 e. The number of anilines is 3. The predicted molar refractivity (Wildman–Crippen MR) is 125 cm³/mol. The average Bonchev–Trinajstić information content (AvgIpc) is 2.85. The van der Waals surface area contributed by atoms with Crippen LogP contribution >= 0.6 is 0 Å². The maximum atomic E-state index is 12.2. The highest BCUT2D eigenvalue weighted by Gasteiger charge is 2.18. The number of pyridine rings is 1. The second-order valence-corrected chi connectivity index (χ2v) is 7.36. The van der Waals surface area contributed by atoms with Gasteiger partial charge in [-0.2, -0.15) is 0 Å². The lowest BCUT2D eigenvalue weighted by atomic mass is 10.2. The monoisotopic (exact) mass is 426 g/mol. The molecule has 0 saturated carbocycles. The summed E-state index contributed by atoms with van der Waals surface area (Å²) in [5.41, 5.74) is 3.85. The molecule has 1 aliphatic rings. The van der Waals surface area contributed by atoms with Gasteiger partial charge in [-0.05, 0) is 48.5 Å². The van der Waals surface area contributed by atoms with Crippen molar-refractivity contribution in [1.82, 2.24) is 15.0 Å². The number of para-hydroxylation sites is 1. The standard InChI is InChI=1S/C24H22N6O2/c31-24(26-18-5-2-1-3-6-18)27-19-10-8-17(9-11-19)22-28-20-7-4-12-25-21(20)23(29-22)30-13-15-32-16-14-30/h1-12H,13-16H2,(H2,26,27,31). The zero-order valence-corrected chi connectivity index (χ0v) is 17.4. The first-order valence-corrected chi connectivity index (χ1v) is 10.5. The fraction of sp³-hybridized carbons (Fsp3) is 0.167. The van der Waals surface area contributed by atoms with Crippen LogP contribution in [0, 0.1) is 0 Å². The summed E-state index contributed by atoms with van der Waals surface area (Å²) in [6.07, 6.45) is 1.76. The van der Waals surface area contributed by atoms with Crippen molar-refractivity contribution in [2.45, 2.75) is 0 Å². The van der Waals surface area contributed by atoms with Crippen molar-refractivity contribution in [2.24, 2.45) is 0 Å². The fourth-order valence-electron chi connectivity index (χ4n) is 3.59. The number of hydrogen-bond donors (Lipinski definition) is 2. The Hall–Kier alpha value is -4.04. The van der Waals surface area contributed by atoms with Crippen molar-refractivity contribution in [3.63, 3.8) is 0 Å². The van der Waals surface area contributed by atoms with Gasteiger partial charge in [-0.1, -0.05) is 18.2 Å². The van der Waals surface area contributed by atoms with Crippen LogP contribution in [0.2, 0.25) is 0 Å². The number of benzene rings is 2. The number of nitrogens with zero attached hydrogens (tertiary/aromatic N) is 4. The third kappa shape index (κ3) is 4.35. The first-order chi connectivity index (χ1) is 15.8. The molecule has 4 aromatic rings. The van der Waals surface area contributed by atoms with E-state index in [0.717, 1.165) is 41.2 Å². The van der Waals surface area contributed by atoms with Crippen molar-refractivity contribution in [3.8, 4) is 11.4 Å². The molecular formula is C24H22N6O2. The number of urea groups is 1. The van der Waals surface area contributed by atoms with E-state index in [4.69, 9.17) is 14.7 Å². The van der Waals surface area contributed by atoms with E-state index in [1.165, 1.54) is 0 Å². The number of nitrogens with one attached hydrogen (secondary N) is 2. The highest BCUT2D eigenvalue weighted by atomic mass is 16.5. The second kappa shape index (κ2) is 8.99. The molecule has 32 heavy (non-hydrogen) atoms. The molecule has 0 bridgehead atoms. The van der Waals surface area contributed by atoms with Crippen LogP contribution in [0.3, 0.4) is 0 Å². The molecule has 0 unspecified atom stereocenters. The lowest BCUT2D eigenvalue weighted by molar-refractivity contribution is 0.122. The van der Waals surface area contributed by atoms with Crippen LogP contribution in [0.1, 0.15) is 0 Å². The molecule has 8 nitrogen and oxygen atoms in total. The summed E-state index contributed by atoms with van der Waals surface area (Å²) in [4.78, 5) is 28.5. The average molecular weight is 426 g/mol. The predicted octanol–water partition coefficient (Wildman–Crippen LogP) is 4.17. The molecule has 0 spiro atoms. The maximum Gasteiger partial charge on any atom is 0.323 e. The zero-order valence-electron chi connectivity index (χ0n) is 17.4. The normalized spacial score (nSPS) is 13.7. The van der Waals surface area contributed by atoms with Gasteiger partial charge in [-0.15, -0.1) is 0 Å². The molecule has 2 aromatic heterocycles. The summed E-state index contributed by atoms with van der Waals surface area (Å²) in [6, 6.07) is 20.3. The largest absolute Gasteiger partial charge is 0.378 e. The molecular weight excluding hydrogens is 404 g/mol. The first-order valence-electron chi connectivity index (χ1n) is 10.5. The highest BCUT2D eigenvalue weighted by Crippen LogP contribution is 2.27. The second-order valence-electron chi connectivity index (χ2n) is 7.36. The van der Waals surface area contributed by atoms with Gasteiger partial charge < -0.3 is 20.3 Å². The summed E-state index contributed by atoms with van der Waals surface area (Å²) >= 11 is 0. The minimum Gasteiger partial charge on any atom is -0.378 e. The SMILES string of the molecule is O=C(Nc1ccccc1)Nc1ccc(-c2nc(N3CCOCC3)c3ncccc3n2)cc1. The number of hydrogen-bond acceptors (Lipinski definition) is 6. The Morgan fingerprint density at radius 3 is 2.31 bits per heavy atom. The summed E-state index contributed by atoms with van der Waals surface area (Å²) in [5, 5.41) is 5.64. The minimum atomic E-state index is -0.299. The van der Waals surface area contributed by atoms with Gasteiger partial charge in [0.25, 0.3) is 0 Å². The third-order valence-corrected chi connectivity index (χ3v) is 5.18. The van der Waals surface area contributed by atoms with Gasteiger partial charge in [0.2, 0.25) is 0 Å². The van der Waals surface area contributed by atoms with E-state index in [9.17, 15) is 4.79 Å². The molecule has 8 heteroatoms. The number of amides is 2. The number of carbonyl (C=O) groups is 1. The molecule has 3 heterocycles. The topological polar surface area (TPSA) is 92.3 Å². The van der Waals surface area contributed by atoms with Crippen LogP contribution in [0.25, 0.3) is 22.4 Å². The molecule has 2 amide bonds. The molecule has 0 aliphatic carbocycles. The molecule has 1 aliphatic heterocycles. The summed E-state index contributed by atoms with van der Waals surface area (Å²) < 4.78 is 5.49. The zero-order chi connectivity index (χ0) is 21.8. The molecule has 0 radical (unpaired) electrons. The maximum absolute atomic E-state index is 12.2. The van der Waals surface area contributed by atoms with Gasteiger partial charge in [-0.25, -0.2) is 14.8 Å². The molecule has 2 N–H and O–H groups in total. The Morgan fingerprint density at radius 2 is 1.56 bits per heavy atom. The fourth-order valence-corrected chi connectivity index (χ4v) is 3.59. The van der Waals surface area contributed by atoms with Gasteiger partial charge in [0.1, 0.15) is 5.52 Å². The van der Waals surface area contributed by atoms with E-state index in [-0.39, 0.29) is 6.03 Å². The number of aromatic nitrogens is 3. The summed E-state index contributed by atoms with van der Waals surface area (Å²) in [5.74, 6) is 1.44. The van der Waals surface area contributed by atoms with Gasteiger partial charge in [0.15, 0.2) is 11.6 Å². The lowest BCUT2D eigenvalue weighted by Gasteiger charge is -2.28. The van der Waals surface area contributed by atoms with Crippen LogP contribution in [-0.2, 0) is 4.74 Å². The van der Waals surface area contributed by atoms with Crippen LogP contribution in [0.5, 0.6) is 0 Å². The Kier molecular flexibility index (Phi) is 5.59. The van der Waals surface area contributed by atoms with Crippen molar-refractivity contribution in [2.75, 3.05) is 41.8 Å². The third-order valence-electron chi connectivity index (χ3n) is 5.18. The van der Waals surface area contributed by atoms with E-state index in [1.807, 2.05) is 66.7 Å². The van der Waals surface area contributed by atoms with E-state index < -0.39 is 0 Å². The molecule has 5 rings (SSSR count). The lowest BCUT2D eigenvalue weighted by Crippen LogP contribution is -2.37. The Labute approximate surface area is 185 Å². The van der Waals surface area contributed by atoms with Crippen molar-refractivity contribution in [3.05, 3.63) is 72.9 Å². The van der Waals surface area contributed by atoms with Gasteiger partial charge >= 0.3 is 6.03 Å². The van der Waals surface area contributed by atoms with Crippen LogP contribution < -0.4 is 15.5 Å². The van der Waals surface area contributed by atoms with Crippen LogP contribution in [0.4, 0.5) is 22.0 Å².